The fourth-order valence-electron chi connectivity index (χ4n) is 2.89. The van der Waals surface area contributed by atoms with E-state index in [0.29, 0.717) is 17.1 Å². The van der Waals surface area contributed by atoms with Crippen LogP contribution in [0.15, 0.2) is 18.2 Å². The van der Waals surface area contributed by atoms with Crippen molar-refractivity contribution in [1.29, 1.82) is 0 Å². The number of hydrogen-bond donors (Lipinski definition) is 2. The number of rotatable bonds is 3. The molecule has 0 spiro atoms. The molecule has 25 heavy (non-hydrogen) atoms. The highest BCUT2D eigenvalue weighted by Gasteiger charge is 2.53. The predicted octanol–water partition coefficient (Wildman–Crippen LogP) is 1.82. The number of carbonyl (C=O) groups is 2. The number of benzene rings is 1. The van der Waals surface area contributed by atoms with Crippen LogP contribution in [0, 0.1) is 11.8 Å². The van der Waals surface area contributed by atoms with Gasteiger partial charge >= 0.3 is 18.2 Å². The summed E-state index contributed by atoms with van der Waals surface area (Å²) >= 11 is 0. The number of likely N-dealkylation sites (tertiary alicyclic amines) is 1. The van der Waals surface area contributed by atoms with Crippen molar-refractivity contribution < 1.29 is 37.3 Å². The molecule has 0 saturated carbocycles. The van der Waals surface area contributed by atoms with Crippen LogP contribution in [0.1, 0.15) is 5.56 Å². The molecule has 2 N–H and O–H groups in total. The molecule has 0 aliphatic carbocycles. The van der Waals surface area contributed by atoms with Gasteiger partial charge in [-0.2, -0.15) is 13.2 Å². The van der Waals surface area contributed by atoms with E-state index in [4.69, 9.17) is 14.6 Å². The first kappa shape index (κ1) is 17.2. The van der Waals surface area contributed by atoms with Gasteiger partial charge in [0.25, 0.3) is 0 Å². The zero-order valence-electron chi connectivity index (χ0n) is 12.9. The molecule has 2 aliphatic heterocycles. The maximum atomic E-state index is 12.9. The fourth-order valence-corrected chi connectivity index (χ4v) is 2.89. The Morgan fingerprint density at radius 3 is 2.60 bits per heavy atom. The van der Waals surface area contributed by atoms with E-state index in [1.807, 2.05) is 0 Å². The minimum Gasteiger partial charge on any atom is -0.481 e. The van der Waals surface area contributed by atoms with E-state index in [1.54, 1.807) is 18.2 Å². The van der Waals surface area contributed by atoms with Gasteiger partial charge in [-0.15, -0.1) is 0 Å². The first-order chi connectivity index (χ1) is 11.8. The van der Waals surface area contributed by atoms with Gasteiger partial charge < -0.3 is 24.8 Å². The molecule has 10 heteroatoms. The Balaban J connectivity index is 1.61. The summed E-state index contributed by atoms with van der Waals surface area (Å²) in [6, 6.07) is 4.28. The highest BCUT2D eigenvalue weighted by Crippen LogP contribution is 2.37. The smallest absolute Gasteiger partial charge is 0.394 e. The lowest BCUT2D eigenvalue weighted by molar-refractivity contribution is -0.187. The third kappa shape index (κ3) is 3.57. The molecule has 0 unspecified atom stereocenters. The van der Waals surface area contributed by atoms with Crippen LogP contribution < -0.4 is 14.8 Å². The first-order valence-electron chi connectivity index (χ1n) is 7.46. The molecule has 7 nitrogen and oxygen atoms in total. The predicted molar refractivity (Wildman–Crippen MR) is 77.0 cm³/mol. The Morgan fingerprint density at radius 1 is 1.24 bits per heavy atom. The molecular weight excluding hydrogens is 345 g/mol. The molecule has 1 fully saturated rings. The summed E-state index contributed by atoms with van der Waals surface area (Å²) in [5.74, 6) is -4.19. The van der Waals surface area contributed by atoms with Crippen LogP contribution >= 0.6 is 0 Å². The van der Waals surface area contributed by atoms with Crippen LogP contribution in [0.5, 0.6) is 11.5 Å². The SMILES string of the molecule is O=C(O)[C@@H]1CN(C(=O)NCc2ccc3c(c2)OCO3)C[C@H]1C(F)(F)F. The Morgan fingerprint density at radius 2 is 1.96 bits per heavy atom. The lowest BCUT2D eigenvalue weighted by Gasteiger charge is -2.18. The number of ether oxygens (including phenoxy) is 2. The highest BCUT2D eigenvalue weighted by molar-refractivity contribution is 5.77. The molecule has 3 rings (SSSR count). The van der Waals surface area contributed by atoms with Crippen molar-refractivity contribution >= 4 is 12.0 Å². The maximum Gasteiger partial charge on any atom is 0.394 e. The van der Waals surface area contributed by atoms with Gasteiger partial charge in [-0.25, -0.2) is 4.79 Å². The van der Waals surface area contributed by atoms with Gasteiger partial charge in [-0.05, 0) is 17.7 Å². The van der Waals surface area contributed by atoms with Crippen LogP contribution in [0.2, 0.25) is 0 Å². The fraction of sp³-hybridized carbons (Fsp3) is 0.467. The number of halogens is 3. The normalized spacial score (nSPS) is 22.1. The quantitative estimate of drug-likeness (QED) is 0.859. The van der Waals surface area contributed by atoms with Gasteiger partial charge in [-0.1, -0.05) is 6.07 Å². The number of carboxylic acids is 1. The molecule has 0 aromatic heterocycles. The number of hydrogen-bond acceptors (Lipinski definition) is 4. The van der Waals surface area contributed by atoms with Crippen molar-refractivity contribution in [1.82, 2.24) is 10.2 Å². The van der Waals surface area contributed by atoms with Gasteiger partial charge in [0.1, 0.15) is 0 Å². The minimum atomic E-state index is -4.67. The second-order valence-electron chi connectivity index (χ2n) is 5.84. The largest absolute Gasteiger partial charge is 0.481 e. The van der Waals surface area contributed by atoms with Gasteiger partial charge in [0.2, 0.25) is 6.79 Å². The van der Waals surface area contributed by atoms with E-state index < -0.39 is 43.1 Å². The van der Waals surface area contributed by atoms with Crippen LogP contribution in [-0.4, -0.2) is 48.1 Å². The molecular formula is C15H15F3N2O5. The number of carboxylic acid groups (broad SMARTS) is 1. The van der Waals surface area contributed by atoms with Gasteiger partial charge in [-0.3, -0.25) is 4.79 Å². The number of alkyl halides is 3. The van der Waals surface area contributed by atoms with Crippen molar-refractivity contribution in [3.8, 4) is 11.5 Å². The summed E-state index contributed by atoms with van der Waals surface area (Å²) in [6.45, 7) is -0.978. The van der Waals surface area contributed by atoms with Crippen LogP contribution in [0.3, 0.4) is 0 Å². The van der Waals surface area contributed by atoms with E-state index in [-0.39, 0.29) is 13.3 Å². The molecule has 2 atom stereocenters. The first-order valence-corrected chi connectivity index (χ1v) is 7.46. The summed E-state index contributed by atoms with van der Waals surface area (Å²) in [4.78, 5) is 24.0. The molecule has 2 amide bonds. The van der Waals surface area contributed by atoms with E-state index >= 15 is 0 Å². The average molecular weight is 360 g/mol. The Bertz CT molecular complexity index is 694. The van der Waals surface area contributed by atoms with Crippen molar-refractivity contribution in [2.45, 2.75) is 12.7 Å². The monoisotopic (exact) mass is 360 g/mol. The molecule has 2 aliphatic rings. The Kier molecular flexibility index (Phi) is 4.36. The number of aliphatic carboxylic acids is 1. The van der Waals surface area contributed by atoms with Gasteiger partial charge in [0, 0.05) is 19.6 Å². The summed E-state index contributed by atoms with van der Waals surface area (Å²) in [6.07, 6.45) is -4.67. The number of nitrogens with zero attached hydrogens (tertiary/aromatic N) is 1. The van der Waals surface area contributed by atoms with E-state index in [1.165, 1.54) is 0 Å². The minimum absolute atomic E-state index is 0.0698. The lowest BCUT2D eigenvalue weighted by Crippen LogP contribution is -2.39. The third-order valence-corrected chi connectivity index (χ3v) is 4.23. The van der Waals surface area contributed by atoms with Gasteiger partial charge in [0.05, 0.1) is 11.8 Å². The van der Waals surface area contributed by atoms with Gasteiger partial charge in [0.15, 0.2) is 11.5 Å². The zero-order valence-corrected chi connectivity index (χ0v) is 12.9. The van der Waals surface area contributed by atoms with E-state index in [9.17, 15) is 22.8 Å². The van der Waals surface area contributed by atoms with Crippen molar-refractivity contribution in [2.75, 3.05) is 19.9 Å². The topological polar surface area (TPSA) is 88.1 Å². The second-order valence-corrected chi connectivity index (χ2v) is 5.84. The number of carbonyl (C=O) groups excluding carboxylic acids is 1. The molecule has 2 heterocycles. The standard InChI is InChI=1S/C15H15F3N2O5/c16-15(17,18)10-6-20(5-9(10)13(21)22)14(23)19-4-8-1-2-11-12(3-8)25-7-24-11/h1-3,9-10H,4-7H2,(H,19,23)(H,21,22)/t9-,10-/m1/s1. The van der Waals surface area contributed by atoms with E-state index in [0.717, 1.165) is 4.90 Å². The third-order valence-electron chi connectivity index (χ3n) is 4.23. The highest BCUT2D eigenvalue weighted by atomic mass is 19.4. The van der Waals surface area contributed by atoms with Crippen molar-refractivity contribution in [3.63, 3.8) is 0 Å². The van der Waals surface area contributed by atoms with Crippen LogP contribution in [0.25, 0.3) is 0 Å². The number of nitrogens with one attached hydrogen (secondary N) is 1. The summed E-state index contributed by atoms with van der Waals surface area (Å²) in [5.41, 5.74) is 0.680. The van der Waals surface area contributed by atoms with Crippen molar-refractivity contribution in [3.05, 3.63) is 23.8 Å². The lowest BCUT2D eigenvalue weighted by atomic mass is 9.96. The second kappa shape index (κ2) is 6.34. The number of amides is 2. The molecule has 0 bridgehead atoms. The average Bonchev–Trinajstić information content (AvgIpc) is 3.18. The molecule has 1 saturated heterocycles. The number of urea groups is 1. The number of fused-ring (bicyclic) bond motifs is 1. The summed E-state index contributed by atoms with van der Waals surface area (Å²) < 4.78 is 49.2. The summed E-state index contributed by atoms with van der Waals surface area (Å²) in [5, 5.41) is 11.5. The summed E-state index contributed by atoms with van der Waals surface area (Å²) in [7, 11) is 0. The van der Waals surface area contributed by atoms with Crippen LogP contribution in [-0.2, 0) is 11.3 Å². The molecule has 1 aromatic rings. The van der Waals surface area contributed by atoms with Crippen LogP contribution in [0.4, 0.5) is 18.0 Å². The van der Waals surface area contributed by atoms with E-state index in [2.05, 4.69) is 5.32 Å². The molecule has 136 valence electrons. The maximum absolute atomic E-state index is 12.9. The molecule has 0 radical (unpaired) electrons. The zero-order chi connectivity index (χ0) is 18.2. The van der Waals surface area contributed by atoms with Crippen molar-refractivity contribution in [2.24, 2.45) is 11.8 Å². The Hall–Kier alpha value is -2.65. The molecule has 1 aromatic carbocycles. The Labute approximate surface area is 140 Å².